The van der Waals surface area contributed by atoms with Crippen LogP contribution in [0.3, 0.4) is 0 Å². The fraction of sp³-hybridized carbons (Fsp3) is 0.500. The maximum Gasteiger partial charge on any atom is 0.162 e. The van der Waals surface area contributed by atoms with Crippen LogP contribution in [-0.4, -0.2) is 42.4 Å². The van der Waals surface area contributed by atoms with E-state index in [9.17, 15) is 0 Å². The number of aryl methyl sites for hydroxylation is 1. The number of benzene rings is 1. The molecule has 0 radical (unpaired) electrons. The zero-order chi connectivity index (χ0) is 15.9. The van der Waals surface area contributed by atoms with Crippen molar-refractivity contribution in [1.29, 1.82) is 0 Å². The molecule has 2 N–H and O–H groups in total. The highest BCUT2D eigenvalue weighted by atomic mass is 16.5. The number of hydrogen-bond acceptors (Lipinski definition) is 6. The molecule has 0 fully saturated rings. The molecule has 0 saturated carbocycles. The lowest BCUT2D eigenvalue weighted by Crippen LogP contribution is -2.06. The second kappa shape index (κ2) is 7.79. The zero-order valence-electron chi connectivity index (χ0n) is 13.3. The van der Waals surface area contributed by atoms with Crippen molar-refractivity contribution in [1.82, 2.24) is 9.97 Å². The molecule has 0 saturated heterocycles. The smallest absolute Gasteiger partial charge is 0.162 e. The van der Waals surface area contributed by atoms with E-state index in [4.69, 9.17) is 14.6 Å². The topological polar surface area (TPSA) is 76.5 Å². The molecule has 0 atom stereocenters. The van der Waals surface area contributed by atoms with Crippen LogP contribution in [0.15, 0.2) is 12.1 Å². The van der Waals surface area contributed by atoms with Gasteiger partial charge in [-0.05, 0) is 32.3 Å². The van der Waals surface area contributed by atoms with Crippen molar-refractivity contribution in [2.24, 2.45) is 0 Å². The Kier molecular flexibility index (Phi) is 5.77. The fourth-order valence-electron chi connectivity index (χ4n) is 2.33. The Balaban J connectivity index is 2.28. The Labute approximate surface area is 130 Å². The molecule has 0 aliphatic rings. The minimum atomic E-state index is 0.243. The molecule has 2 aromatic rings. The van der Waals surface area contributed by atoms with Crippen LogP contribution in [0, 0.1) is 6.92 Å². The first-order valence-corrected chi connectivity index (χ1v) is 7.44. The number of aliphatic hydroxyl groups is 1. The number of hydrogen-bond donors (Lipinski definition) is 2. The molecule has 0 amide bonds. The maximum absolute atomic E-state index is 8.80. The van der Waals surface area contributed by atoms with Crippen LogP contribution in [0.1, 0.15) is 25.1 Å². The lowest BCUT2D eigenvalue weighted by Gasteiger charge is -2.13. The summed E-state index contributed by atoms with van der Waals surface area (Å²) in [7, 11) is 3.22. The van der Waals surface area contributed by atoms with Crippen molar-refractivity contribution in [3.05, 3.63) is 18.0 Å². The first-order chi connectivity index (χ1) is 10.7. The molecule has 0 aliphatic carbocycles. The number of ether oxygens (including phenoxy) is 2. The molecule has 0 spiro atoms. The summed E-state index contributed by atoms with van der Waals surface area (Å²) in [5, 5.41) is 13.1. The van der Waals surface area contributed by atoms with Gasteiger partial charge in [0, 0.05) is 24.6 Å². The maximum atomic E-state index is 8.80. The number of fused-ring (bicyclic) bond motifs is 1. The van der Waals surface area contributed by atoms with Gasteiger partial charge in [0.15, 0.2) is 11.5 Å². The van der Waals surface area contributed by atoms with Crippen LogP contribution in [0.5, 0.6) is 11.5 Å². The van der Waals surface area contributed by atoms with E-state index < -0.39 is 0 Å². The Bertz CT molecular complexity index is 632. The molecular weight excluding hydrogens is 282 g/mol. The summed E-state index contributed by atoms with van der Waals surface area (Å²) in [6.45, 7) is 2.92. The SMILES string of the molecule is COc1cc2nc(C)nc(NCCCCCO)c2cc1OC. The van der Waals surface area contributed by atoms with Gasteiger partial charge >= 0.3 is 0 Å². The lowest BCUT2D eigenvalue weighted by molar-refractivity contribution is 0.283. The summed E-state index contributed by atoms with van der Waals surface area (Å²) in [5.41, 5.74) is 0.822. The summed E-state index contributed by atoms with van der Waals surface area (Å²) < 4.78 is 10.7. The van der Waals surface area contributed by atoms with Gasteiger partial charge in [-0.1, -0.05) is 0 Å². The van der Waals surface area contributed by atoms with Crippen molar-refractivity contribution in [2.45, 2.75) is 26.2 Å². The standard InChI is InChI=1S/C16H23N3O3/c1-11-18-13-10-15(22-3)14(21-2)9-12(13)16(19-11)17-7-5-4-6-8-20/h9-10,20H,4-8H2,1-3H3,(H,17,18,19). The van der Waals surface area contributed by atoms with Gasteiger partial charge in [0.1, 0.15) is 11.6 Å². The largest absolute Gasteiger partial charge is 0.493 e. The van der Waals surface area contributed by atoms with Gasteiger partial charge < -0.3 is 19.9 Å². The van der Waals surface area contributed by atoms with Gasteiger partial charge in [-0.25, -0.2) is 9.97 Å². The van der Waals surface area contributed by atoms with Crippen LogP contribution < -0.4 is 14.8 Å². The number of unbranched alkanes of at least 4 members (excludes halogenated alkanes) is 2. The average molecular weight is 305 g/mol. The average Bonchev–Trinajstić information content (AvgIpc) is 2.53. The number of aliphatic hydroxyl groups excluding tert-OH is 1. The number of anilines is 1. The van der Waals surface area contributed by atoms with Gasteiger partial charge in [-0.2, -0.15) is 0 Å². The number of nitrogens with one attached hydrogen (secondary N) is 1. The van der Waals surface area contributed by atoms with Gasteiger partial charge in [0.05, 0.1) is 19.7 Å². The van der Waals surface area contributed by atoms with Crippen LogP contribution in [0.4, 0.5) is 5.82 Å². The Morgan fingerprint density at radius 1 is 1.05 bits per heavy atom. The highest BCUT2D eigenvalue weighted by molar-refractivity contribution is 5.91. The molecule has 1 aromatic heterocycles. The third-order valence-electron chi connectivity index (χ3n) is 3.44. The Morgan fingerprint density at radius 3 is 2.45 bits per heavy atom. The van der Waals surface area contributed by atoms with Crippen LogP contribution >= 0.6 is 0 Å². The first kappa shape index (κ1) is 16.3. The first-order valence-electron chi connectivity index (χ1n) is 7.44. The minimum Gasteiger partial charge on any atom is -0.493 e. The number of rotatable bonds is 8. The van der Waals surface area contributed by atoms with Gasteiger partial charge in [-0.15, -0.1) is 0 Å². The van der Waals surface area contributed by atoms with Crippen molar-refractivity contribution >= 4 is 16.7 Å². The van der Waals surface area contributed by atoms with Crippen LogP contribution in [0.25, 0.3) is 10.9 Å². The second-order valence-corrected chi connectivity index (χ2v) is 5.05. The second-order valence-electron chi connectivity index (χ2n) is 5.05. The van der Waals surface area contributed by atoms with Gasteiger partial charge in [-0.3, -0.25) is 0 Å². The summed E-state index contributed by atoms with van der Waals surface area (Å²) >= 11 is 0. The molecule has 0 aliphatic heterocycles. The van der Waals surface area contributed by atoms with Crippen molar-refractivity contribution < 1.29 is 14.6 Å². The van der Waals surface area contributed by atoms with E-state index in [0.717, 1.165) is 42.5 Å². The molecule has 1 heterocycles. The molecule has 0 unspecified atom stereocenters. The summed E-state index contributed by atoms with van der Waals surface area (Å²) in [5.74, 6) is 2.82. The lowest BCUT2D eigenvalue weighted by atomic mass is 10.2. The Hall–Kier alpha value is -2.08. The summed E-state index contributed by atoms with van der Waals surface area (Å²) in [6, 6.07) is 3.75. The highest BCUT2D eigenvalue weighted by Crippen LogP contribution is 2.33. The van der Waals surface area contributed by atoms with Crippen LogP contribution in [0.2, 0.25) is 0 Å². The Morgan fingerprint density at radius 2 is 1.77 bits per heavy atom. The molecule has 0 bridgehead atoms. The van der Waals surface area contributed by atoms with E-state index >= 15 is 0 Å². The normalized spacial score (nSPS) is 10.7. The minimum absolute atomic E-state index is 0.243. The van der Waals surface area contributed by atoms with Gasteiger partial charge in [0.2, 0.25) is 0 Å². The molecule has 1 aromatic carbocycles. The molecule has 6 nitrogen and oxygen atoms in total. The highest BCUT2D eigenvalue weighted by Gasteiger charge is 2.11. The van der Waals surface area contributed by atoms with E-state index in [2.05, 4.69) is 15.3 Å². The number of aromatic nitrogens is 2. The number of nitrogens with zero attached hydrogens (tertiary/aromatic N) is 2. The summed E-state index contributed by atoms with van der Waals surface area (Å²) in [6.07, 6.45) is 2.80. The van der Waals surface area contributed by atoms with Crippen molar-refractivity contribution in [3.8, 4) is 11.5 Å². The molecule has 6 heteroatoms. The molecular formula is C16H23N3O3. The van der Waals surface area contributed by atoms with Crippen LogP contribution in [-0.2, 0) is 0 Å². The van der Waals surface area contributed by atoms with E-state index in [1.165, 1.54) is 0 Å². The van der Waals surface area contributed by atoms with Gasteiger partial charge in [0.25, 0.3) is 0 Å². The van der Waals surface area contributed by atoms with E-state index in [1.807, 2.05) is 19.1 Å². The quantitative estimate of drug-likeness (QED) is 0.730. The summed E-state index contributed by atoms with van der Waals surface area (Å²) in [4.78, 5) is 8.94. The fourth-order valence-corrected chi connectivity index (χ4v) is 2.33. The third kappa shape index (κ3) is 3.76. The predicted molar refractivity (Wildman–Crippen MR) is 86.8 cm³/mol. The monoisotopic (exact) mass is 305 g/mol. The zero-order valence-corrected chi connectivity index (χ0v) is 13.3. The van der Waals surface area contributed by atoms with Crippen molar-refractivity contribution in [3.63, 3.8) is 0 Å². The van der Waals surface area contributed by atoms with E-state index in [0.29, 0.717) is 17.3 Å². The van der Waals surface area contributed by atoms with E-state index in [-0.39, 0.29) is 6.61 Å². The van der Waals surface area contributed by atoms with E-state index in [1.54, 1.807) is 14.2 Å². The molecule has 22 heavy (non-hydrogen) atoms. The molecule has 120 valence electrons. The third-order valence-corrected chi connectivity index (χ3v) is 3.44. The van der Waals surface area contributed by atoms with Crippen molar-refractivity contribution in [2.75, 3.05) is 32.7 Å². The number of methoxy groups -OCH3 is 2. The molecule has 2 rings (SSSR count). The predicted octanol–water partition coefficient (Wildman–Crippen LogP) is 2.53.